The van der Waals surface area contributed by atoms with Crippen molar-refractivity contribution in [1.82, 2.24) is 4.98 Å². The molecule has 2 aromatic rings. The number of nitrogens with zero attached hydrogens (tertiary/aromatic N) is 2. The molecule has 0 radical (unpaired) electrons. The van der Waals surface area contributed by atoms with Crippen molar-refractivity contribution in [2.24, 2.45) is 0 Å². The number of aromatic nitrogens is 1. The van der Waals surface area contributed by atoms with Crippen LogP contribution in [0.1, 0.15) is 6.42 Å². The Morgan fingerprint density at radius 1 is 1.30 bits per heavy atom. The summed E-state index contributed by atoms with van der Waals surface area (Å²) in [7, 11) is 1.69. The maximum absolute atomic E-state index is 12.1. The van der Waals surface area contributed by atoms with Crippen molar-refractivity contribution >= 4 is 17.3 Å². The fraction of sp³-hybridized carbons (Fsp3) is 0.200. The van der Waals surface area contributed by atoms with Gasteiger partial charge in [0.15, 0.2) is 0 Å². The Morgan fingerprint density at radius 2 is 2.05 bits per heavy atom. The number of rotatable bonds is 5. The lowest BCUT2D eigenvalue weighted by Crippen LogP contribution is -2.28. The van der Waals surface area contributed by atoms with Gasteiger partial charge in [0.2, 0.25) is 5.91 Å². The number of ether oxygens (including phenoxy) is 1. The van der Waals surface area contributed by atoms with Crippen molar-refractivity contribution in [2.75, 3.05) is 24.3 Å². The van der Waals surface area contributed by atoms with Crippen molar-refractivity contribution in [3.63, 3.8) is 0 Å². The van der Waals surface area contributed by atoms with E-state index < -0.39 is 0 Å². The van der Waals surface area contributed by atoms with E-state index in [0.717, 1.165) is 5.75 Å². The number of hydrogen-bond donors (Lipinski definition) is 1. The fourth-order valence-corrected chi connectivity index (χ4v) is 1.78. The monoisotopic (exact) mass is 271 g/mol. The van der Waals surface area contributed by atoms with Gasteiger partial charge in [0.1, 0.15) is 5.75 Å². The van der Waals surface area contributed by atoms with Crippen LogP contribution in [0.15, 0.2) is 48.8 Å². The molecule has 0 atom stereocenters. The molecule has 0 spiro atoms. The fourth-order valence-electron chi connectivity index (χ4n) is 1.78. The number of pyridine rings is 1. The normalized spacial score (nSPS) is 10.1. The number of para-hydroxylation sites is 1. The molecular weight excluding hydrogens is 254 g/mol. The SMILES string of the molecule is CN(C(=O)CCOc1ccccc1)c1ccncc1N. The van der Waals surface area contributed by atoms with Crippen molar-refractivity contribution in [3.05, 3.63) is 48.8 Å². The van der Waals surface area contributed by atoms with Crippen LogP contribution in [0.5, 0.6) is 5.75 Å². The molecule has 0 saturated heterocycles. The summed E-state index contributed by atoms with van der Waals surface area (Å²) in [6.07, 6.45) is 3.42. The second-order valence-electron chi connectivity index (χ2n) is 4.30. The summed E-state index contributed by atoms with van der Waals surface area (Å²) in [5, 5.41) is 0. The van der Waals surface area contributed by atoms with Gasteiger partial charge in [0.25, 0.3) is 0 Å². The van der Waals surface area contributed by atoms with Gasteiger partial charge >= 0.3 is 0 Å². The Labute approximate surface area is 118 Å². The van der Waals surface area contributed by atoms with Gasteiger partial charge in [-0.1, -0.05) is 18.2 Å². The molecular formula is C15H17N3O2. The number of nitrogen functional groups attached to an aromatic ring is 1. The average molecular weight is 271 g/mol. The Hall–Kier alpha value is -2.56. The topological polar surface area (TPSA) is 68.5 Å². The number of benzene rings is 1. The number of amides is 1. The lowest BCUT2D eigenvalue weighted by atomic mass is 10.3. The van der Waals surface area contributed by atoms with Crippen LogP contribution < -0.4 is 15.4 Å². The number of anilines is 2. The Bertz CT molecular complexity index is 572. The molecule has 0 fully saturated rings. The second kappa shape index (κ2) is 6.56. The summed E-state index contributed by atoms with van der Waals surface area (Å²) in [6, 6.07) is 11.1. The van der Waals surface area contributed by atoms with Gasteiger partial charge in [-0.3, -0.25) is 9.78 Å². The van der Waals surface area contributed by atoms with Crippen LogP contribution in [0.2, 0.25) is 0 Å². The Kier molecular flexibility index (Phi) is 4.55. The minimum atomic E-state index is -0.0566. The van der Waals surface area contributed by atoms with Gasteiger partial charge in [-0.25, -0.2) is 0 Å². The van der Waals surface area contributed by atoms with Crippen molar-refractivity contribution in [3.8, 4) is 5.75 Å². The summed E-state index contributed by atoms with van der Waals surface area (Å²) in [5.41, 5.74) is 6.93. The van der Waals surface area contributed by atoms with E-state index in [4.69, 9.17) is 10.5 Å². The predicted molar refractivity (Wildman–Crippen MR) is 78.6 cm³/mol. The first-order valence-electron chi connectivity index (χ1n) is 6.32. The van der Waals surface area contributed by atoms with E-state index in [9.17, 15) is 4.79 Å². The number of carbonyl (C=O) groups is 1. The first kappa shape index (κ1) is 13.9. The zero-order chi connectivity index (χ0) is 14.4. The highest BCUT2D eigenvalue weighted by molar-refractivity contribution is 5.95. The largest absolute Gasteiger partial charge is 0.493 e. The molecule has 1 heterocycles. The maximum atomic E-state index is 12.1. The highest BCUT2D eigenvalue weighted by atomic mass is 16.5. The summed E-state index contributed by atoms with van der Waals surface area (Å²) in [4.78, 5) is 17.5. The summed E-state index contributed by atoms with van der Waals surface area (Å²) >= 11 is 0. The molecule has 2 N–H and O–H groups in total. The zero-order valence-corrected chi connectivity index (χ0v) is 11.3. The molecule has 0 aliphatic heterocycles. The van der Waals surface area contributed by atoms with E-state index in [1.165, 1.54) is 11.1 Å². The van der Waals surface area contributed by atoms with Gasteiger partial charge in [0, 0.05) is 13.2 Å². The molecule has 0 unspecified atom stereocenters. The first-order chi connectivity index (χ1) is 9.68. The van der Waals surface area contributed by atoms with E-state index in [2.05, 4.69) is 4.98 Å². The van der Waals surface area contributed by atoms with E-state index in [1.54, 1.807) is 19.3 Å². The van der Waals surface area contributed by atoms with Gasteiger partial charge in [-0.2, -0.15) is 0 Å². The molecule has 0 aliphatic carbocycles. The van der Waals surface area contributed by atoms with Crippen LogP contribution in [0.25, 0.3) is 0 Å². The maximum Gasteiger partial charge on any atom is 0.230 e. The highest BCUT2D eigenvalue weighted by Gasteiger charge is 2.13. The average Bonchev–Trinajstić information content (AvgIpc) is 2.48. The van der Waals surface area contributed by atoms with E-state index in [-0.39, 0.29) is 12.3 Å². The van der Waals surface area contributed by atoms with Crippen molar-refractivity contribution in [1.29, 1.82) is 0 Å². The molecule has 0 saturated carbocycles. The van der Waals surface area contributed by atoms with Crippen LogP contribution in [-0.4, -0.2) is 24.5 Å². The lowest BCUT2D eigenvalue weighted by molar-refractivity contribution is -0.118. The van der Waals surface area contributed by atoms with Crippen LogP contribution in [0, 0.1) is 0 Å². The van der Waals surface area contributed by atoms with Gasteiger partial charge in [0.05, 0.1) is 30.6 Å². The Balaban J connectivity index is 1.87. The van der Waals surface area contributed by atoms with Crippen LogP contribution in [0.4, 0.5) is 11.4 Å². The third-order valence-corrected chi connectivity index (χ3v) is 2.89. The molecule has 20 heavy (non-hydrogen) atoms. The van der Waals surface area contributed by atoms with Crippen LogP contribution in [0.3, 0.4) is 0 Å². The van der Waals surface area contributed by atoms with E-state index in [1.807, 2.05) is 30.3 Å². The number of hydrogen-bond acceptors (Lipinski definition) is 4. The Morgan fingerprint density at radius 3 is 2.75 bits per heavy atom. The quantitative estimate of drug-likeness (QED) is 0.904. The third kappa shape index (κ3) is 3.47. The molecule has 1 aromatic carbocycles. The molecule has 1 amide bonds. The molecule has 5 nitrogen and oxygen atoms in total. The minimum absolute atomic E-state index is 0.0566. The first-order valence-corrected chi connectivity index (χ1v) is 6.32. The van der Waals surface area contributed by atoms with E-state index >= 15 is 0 Å². The molecule has 104 valence electrons. The van der Waals surface area contributed by atoms with Crippen LogP contribution in [-0.2, 0) is 4.79 Å². The zero-order valence-electron chi connectivity index (χ0n) is 11.3. The summed E-state index contributed by atoms with van der Waals surface area (Å²) < 4.78 is 5.50. The molecule has 0 bridgehead atoms. The predicted octanol–water partition coefficient (Wildman–Crippen LogP) is 2.10. The molecule has 5 heteroatoms. The van der Waals surface area contributed by atoms with Gasteiger partial charge in [-0.15, -0.1) is 0 Å². The second-order valence-corrected chi connectivity index (χ2v) is 4.30. The van der Waals surface area contributed by atoms with Gasteiger partial charge in [-0.05, 0) is 18.2 Å². The summed E-state index contributed by atoms with van der Waals surface area (Å²) in [6.45, 7) is 0.332. The van der Waals surface area contributed by atoms with Crippen LogP contribution >= 0.6 is 0 Å². The molecule has 0 aliphatic rings. The number of nitrogens with two attached hydrogens (primary N) is 1. The standard InChI is InChI=1S/C15H17N3O2/c1-18(14-7-9-17-11-13(14)16)15(19)8-10-20-12-5-3-2-4-6-12/h2-7,9,11H,8,10,16H2,1H3. The third-order valence-electron chi connectivity index (χ3n) is 2.89. The smallest absolute Gasteiger partial charge is 0.230 e. The summed E-state index contributed by atoms with van der Waals surface area (Å²) in [5.74, 6) is 0.699. The molecule has 2 rings (SSSR count). The van der Waals surface area contributed by atoms with Crippen molar-refractivity contribution < 1.29 is 9.53 Å². The number of carbonyl (C=O) groups excluding carboxylic acids is 1. The highest BCUT2D eigenvalue weighted by Crippen LogP contribution is 2.20. The lowest BCUT2D eigenvalue weighted by Gasteiger charge is -2.18. The minimum Gasteiger partial charge on any atom is -0.493 e. The van der Waals surface area contributed by atoms with Gasteiger partial charge < -0.3 is 15.4 Å². The van der Waals surface area contributed by atoms with Crippen molar-refractivity contribution in [2.45, 2.75) is 6.42 Å². The van der Waals surface area contributed by atoms with E-state index in [0.29, 0.717) is 18.0 Å². The molecule has 1 aromatic heterocycles.